The predicted octanol–water partition coefficient (Wildman–Crippen LogP) is 3.55. The van der Waals surface area contributed by atoms with Gasteiger partial charge < -0.3 is 26.4 Å². The zero-order chi connectivity index (χ0) is 25.5. The summed E-state index contributed by atoms with van der Waals surface area (Å²) in [6.45, 7) is 9.22. The lowest BCUT2D eigenvalue weighted by Gasteiger charge is -2.43. The number of likely N-dealkylation sites (tertiary alicyclic amines) is 1. The number of piperidine rings is 2. The first kappa shape index (κ1) is 27.6. The Hall–Kier alpha value is -2.61. The average molecular weight is 477 g/mol. The van der Waals surface area contributed by atoms with Gasteiger partial charge in [-0.2, -0.15) is 0 Å². The van der Waals surface area contributed by atoms with E-state index in [-0.39, 0.29) is 23.6 Å². The summed E-state index contributed by atoms with van der Waals surface area (Å²) < 4.78 is 15.2. The summed E-state index contributed by atoms with van der Waals surface area (Å²) in [4.78, 5) is 27.0. The Bertz CT molecular complexity index is 882. The molecular weight excluding hydrogens is 435 g/mol. The number of nitrogens with zero attached hydrogens (tertiary/aromatic N) is 1. The molecule has 2 heterocycles. The van der Waals surface area contributed by atoms with E-state index in [4.69, 9.17) is 5.73 Å². The first-order valence-electron chi connectivity index (χ1n) is 12.1. The highest BCUT2D eigenvalue weighted by atomic mass is 19.1. The number of aliphatic carboxylic acids is 1. The van der Waals surface area contributed by atoms with Gasteiger partial charge in [-0.1, -0.05) is 5.57 Å². The van der Waals surface area contributed by atoms with Gasteiger partial charge in [0.2, 0.25) is 0 Å². The number of alkyl halides is 1. The molecule has 0 saturated carbocycles. The molecule has 190 valence electrons. The zero-order valence-corrected chi connectivity index (χ0v) is 21.2. The molecule has 0 amide bonds. The van der Waals surface area contributed by atoms with Crippen molar-refractivity contribution in [2.45, 2.75) is 84.0 Å². The van der Waals surface area contributed by atoms with Crippen LogP contribution in [0.3, 0.4) is 0 Å². The second kappa shape index (κ2) is 12.2. The van der Waals surface area contributed by atoms with Gasteiger partial charge in [-0.25, -0.2) is 9.18 Å². The summed E-state index contributed by atoms with van der Waals surface area (Å²) in [5.74, 6) is -1.72. The van der Waals surface area contributed by atoms with Gasteiger partial charge in [0.25, 0.3) is 0 Å². The molecule has 2 fully saturated rings. The molecule has 0 bridgehead atoms. The number of halogens is 1. The summed E-state index contributed by atoms with van der Waals surface area (Å²) in [6, 6.07) is 0.240. The fourth-order valence-corrected chi connectivity index (χ4v) is 4.53. The summed E-state index contributed by atoms with van der Waals surface area (Å²) >= 11 is 0. The lowest BCUT2D eigenvalue weighted by molar-refractivity contribution is -0.134. The molecule has 7 nitrogen and oxygen atoms in total. The summed E-state index contributed by atoms with van der Waals surface area (Å²) in [5, 5.41) is 16.5. The number of Topliss-reactive ketones (excluding diaryl/α,β-unsaturated/α-hetero) is 1. The molecule has 5 N–H and O–H groups in total. The van der Waals surface area contributed by atoms with Gasteiger partial charge in [-0.3, -0.25) is 4.79 Å². The molecule has 34 heavy (non-hydrogen) atoms. The third-order valence-electron chi connectivity index (χ3n) is 7.12. The minimum Gasteiger partial charge on any atom is -0.477 e. The quantitative estimate of drug-likeness (QED) is 0.133. The Kier molecular flexibility index (Phi) is 9.91. The lowest BCUT2D eigenvalue weighted by Crippen LogP contribution is -2.44. The van der Waals surface area contributed by atoms with Crippen LogP contribution in [0.4, 0.5) is 4.39 Å². The van der Waals surface area contributed by atoms with E-state index in [1.165, 1.54) is 12.3 Å². The number of nitrogens with one attached hydrogen (secondary N) is 2. The van der Waals surface area contributed by atoms with Gasteiger partial charge in [0.1, 0.15) is 11.7 Å². The van der Waals surface area contributed by atoms with E-state index in [0.29, 0.717) is 29.0 Å². The van der Waals surface area contributed by atoms with Crippen molar-refractivity contribution in [2.24, 2.45) is 5.73 Å². The molecular formula is C26H41FN4O3. The van der Waals surface area contributed by atoms with E-state index in [0.717, 1.165) is 38.8 Å². The van der Waals surface area contributed by atoms with Crippen molar-refractivity contribution in [1.82, 2.24) is 15.5 Å². The molecule has 0 aromatic heterocycles. The van der Waals surface area contributed by atoms with Crippen molar-refractivity contribution in [3.05, 3.63) is 46.5 Å². The number of allylic oxidation sites excluding steroid dienone is 5. The number of hydrogen-bond acceptors (Lipinski definition) is 6. The fourth-order valence-electron chi connectivity index (χ4n) is 4.53. The molecule has 0 spiro atoms. The second-order valence-corrected chi connectivity index (χ2v) is 9.97. The van der Waals surface area contributed by atoms with Crippen LogP contribution in [0.25, 0.3) is 0 Å². The van der Waals surface area contributed by atoms with Crippen LogP contribution in [0.1, 0.15) is 66.2 Å². The highest BCUT2D eigenvalue weighted by Crippen LogP contribution is 2.34. The van der Waals surface area contributed by atoms with Crippen LogP contribution < -0.4 is 16.4 Å². The summed E-state index contributed by atoms with van der Waals surface area (Å²) in [7, 11) is 1.84. The maximum Gasteiger partial charge on any atom is 0.341 e. The zero-order valence-electron chi connectivity index (χ0n) is 21.2. The van der Waals surface area contributed by atoms with E-state index in [9.17, 15) is 14.7 Å². The summed E-state index contributed by atoms with van der Waals surface area (Å²) in [6.07, 6.45) is 7.07. The Morgan fingerprint density at radius 2 is 1.97 bits per heavy atom. The van der Waals surface area contributed by atoms with Crippen LogP contribution in [-0.2, 0) is 9.59 Å². The first-order valence-corrected chi connectivity index (χ1v) is 12.1. The monoisotopic (exact) mass is 476 g/mol. The third-order valence-corrected chi connectivity index (χ3v) is 7.12. The SMILES string of the molecule is C/C(CC(=O)/C(C(=O)O)=C1/CCCC(C)(C)N1C)=C(/C)C(F)C=C(/C=C/N)NC1CCNCC1. The fraction of sp³-hybridized carbons (Fsp3) is 0.615. The largest absolute Gasteiger partial charge is 0.477 e. The number of carbonyl (C=O) groups is 2. The molecule has 0 aromatic rings. The number of ketones is 1. The Morgan fingerprint density at radius 1 is 1.32 bits per heavy atom. The molecule has 0 aromatic carbocycles. The van der Waals surface area contributed by atoms with E-state index in [1.54, 1.807) is 19.9 Å². The second-order valence-electron chi connectivity index (χ2n) is 9.97. The van der Waals surface area contributed by atoms with Crippen LogP contribution >= 0.6 is 0 Å². The van der Waals surface area contributed by atoms with Crippen molar-refractivity contribution in [2.75, 3.05) is 20.1 Å². The molecule has 0 aliphatic carbocycles. The molecule has 1 unspecified atom stereocenters. The Morgan fingerprint density at radius 3 is 2.56 bits per heavy atom. The molecule has 2 saturated heterocycles. The van der Waals surface area contributed by atoms with E-state index < -0.39 is 17.9 Å². The van der Waals surface area contributed by atoms with Crippen molar-refractivity contribution < 1.29 is 19.1 Å². The third kappa shape index (κ3) is 7.19. The molecule has 2 rings (SSSR count). The van der Waals surface area contributed by atoms with Gasteiger partial charge in [-0.15, -0.1) is 0 Å². The van der Waals surface area contributed by atoms with Crippen LogP contribution in [0, 0.1) is 0 Å². The Balaban J connectivity index is 2.23. The average Bonchev–Trinajstić information content (AvgIpc) is 2.76. The van der Waals surface area contributed by atoms with E-state index >= 15 is 4.39 Å². The van der Waals surface area contributed by atoms with Crippen LogP contribution in [0.5, 0.6) is 0 Å². The van der Waals surface area contributed by atoms with Crippen LogP contribution in [0.2, 0.25) is 0 Å². The molecule has 2 aliphatic heterocycles. The number of carboxylic acids is 1. The first-order chi connectivity index (χ1) is 16.0. The number of hydrogen-bond donors (Lipinski definition) is 4. The molecule has 2 aliphatic rings. The van der Waals surface area contributed by atoms with Crippen molar-refractivity contribution in [3.8, 4) is 0 Å². The van der Waals surface area contributed by atoms with Gasteiger partial charge in [-0.05, 0) is 96.8 Å². The Labute approximate surface area is 203 Å². The van der Waals surface area contributed by atoms with E-state index in [2.05, 4.69) is 10.6 Å². The highest BCUT2D eigenvalue weighted by molar-refractivity contribution is 6.17. The number of carbonyl (C=O) groups excluding carboxylic acids is 1. The molecule has 0 radical (unpaired) electrons. The van der Waals surface area contributed by atoms with Gasteiger partial charge in [0.15, 0.2) is 5.78 Å². The normalized spacial score (nSPS) is 22.9. The minimum absolute atomic E-state index is 0.136. The number of rotatable bonds is 9. The highest BCUT2D eigenvalue weighted by Gasteiger charge is 2.34. The minimum atomic E-state index is -1.43. The number of carboxylic acid groups (broad SMARTS) is 1. The smallest absolute Gasteiger partial charge is 0.341 e. The van der Waals surface area contributed by atoms with Gasteiger partial charge in [0, 0.05) is 36.4 Å². The van der Waals surface area contributed by atoms with Crippen LogP contribution in [-0.4, -0.2) is 59.6 Å². The van der Waals surface area contributed by atoms with E-state index in [1.807, 2.05) is 25.8 Å². The van der Waals surface area contributed by atoms with Crippen molar-refractivity contribution >= 4 is 11.8 Å². The van der Waals surface area contributed by atoms with Crippen molar-refractivity contribution in [3.63, 3.8) is 0 Å². The van der Waals surface area contributed by atoms with Gasteiger partial charge in [0.05, 0.1) is 0 Å². The maximum absolute atomic E-state index is 15.2. The molecule has 1 atom stereocenters. The predicted molar refractivity (Wildman–Crippen MR) is 134 cm³/mol. The maximum atomic E-state index is 15.2. The lowest BCUT2D eigenvalue weighted by atomic mass is 9.86. The van der Waals surface area contributed by atoms with Crippen LogP contribution in [0.15, 0.2) is 46.5 Å². The number of nitrogens with two attached hydrogens (primary N) is 1. The van der Waals surface area contributed by atoms with Crippen molar-refractivity contribution in [1.29, 1.82) is 0 Å². The van der Waals surface area contributed by atoms with Gasteiger partial charge >= 0.3 is 5.97 Å². The standard InChI is InChI=1S/C26H41FN4O3/c1-17(15-23(32)24(25(33)34)22-7-6-11-26(3,4)31(22)5)18(2)21(27)16-20(8-12-28)30-19-9-13-29-14-10-19/h8,12,16,19,21,29-30H,6-7,9-11,13-15,28H2,1-5H3,(H,33,34)/b12-8+,18-17+,20-16?,24-22+. The topological polar surface area (TPSA) is 108 Å². The summed E-state index contributed by atoms with van der Waals surface area (Å²) in [5.41, 5.74) is 7.23. The molecule has 8 heteroatoms.